The fraction of sp³-hybridized carbons (Fsp3) is 0.176. The molecule has 22 heavy (non-hydrogen) atoms. The Bertz CT molecular complexity index is 686. The Morgan fingerprint density at radius 2 is 1.91 bits per heavy atom. The van der Waals surface area contributed by atoms with Gasteiger partial charge in [0.05, 0.1) is 0 Å². The predicted molar refractivity (Wildman–Crippen MR) is 88.9 cm³/mol. The molecule has 3 rings (SSSR count). The standard InChI is InChI=1S/C17H16N2O2S/c20-16(10-9-15-2-1-11-22-15)18-13-5-3-12(4-6-13)17(21)19-14-7-8-14/h1-6,9-11,14H,7-8H2,(H,18,20)(H,19,21)/b10-9+. The molecule has 0 radical (unpaired) electrons. The predicted octanol–water partition coefficient (Wildman–Crippen LogP) is 3.29. The van der Waals surface area contributed by atoms with E-state index in [1.807, 2.05) is 17.5 Å². The van der Waals surface area contributed by atoms with Gasteiger partial charge in [0, 0.05) is 28.2 Å². The maximum atomic E-state index is 11.9. The Morgan fingerprint density at radius 3 is 2.55 bits per heavy atom. The van der Waals surface area contributed by atoms with E-state index < -0.39 is 0 Å². The molecule has 1 aliphatic carbocycles. The third-order valence-electron chi connectivity index (χ3n) is 3.27. The Kier molecular flexibility index (Phi) is 4.34. The third-order valence-corrected chi connectivity index (χ3v) is 4.11. The summed E-state index contributed by atoms with van der Waals surface area (Å²) in [6.45, 7) is 0. The van der Waals surface area contributed by atoms with Gasteiger partial charge in [-0.25, -0.2) is 0 Å². The second kappa shape index (κ2) is 6.58. The molecule has 1 saturated carbocycles. The van der Waals surface area contributed by atoms with Gasteiger partial charge in [-0.2, -0.15) is 0 Å². The van der Waals surface area contributed by atoms with Crippen LogP contribution in [0.25, 0.3) is 6.08 Å². The van der Waals surface area contributed by atoms with Gasteiger partial charge in [0.2, 0.25) is 5.91 Å². The average Bonchev–Trinajstić information content (AvgIpc) is 3.17. The molecule has 112 valence electrons. The first-order valence-electron chi connectivity index (χ1n) is 7.14. The molecular formula is C17H16N2O2S. The van der Waals surface area contributed by atoms with Crippen molar-refractivity contribution >= 4 is 34.9 Å². The van der Waals surface area contributed by atoms with Crippen molar-refractivity contribution in [3.8, 4) is 0 Å². The molecule has 4 nitrogen and oxygen atoms in total. The summed E-state index contributed by atoms with van der Waals surface area (Å²) in [5, 5.41) is 7.66. The Hall–Kier alpha value is -2.40. The Labute approximate surface area is 132 Å². The molecule has 0 spiro atoms. The molecule has 5 heteroatoms. The molecular weight excluding hydrogens is 296 g/mol. The molecule has 0 unspecified atom stereocenters. The maximum absolute atomic E-state index is 11.9. The molecule has 1 aromatic carbocycles. The minimum absolute atomic E-state index is 0.0574. The van der Waals surface area contributed by atoms with Crippen molar-refractivity contribution in [2.24, 2.45) is 0 Å². The summed E-state index contributed by atoms with van der Waals surface area (Å²) in [6, 6.07) is 11.1. The zero-order valence-electron chi connectivity index (χ0n) is 11.9. The van der Waals surface area contributed by atoms with Gasteiger partial charge >= 0.3 is 0 Å². The lowest BCUT2D eigenvalue weighted by atomic mass is 10.2. The number of amides is 2. The highest BCUT2D eigenvalue weighted by Crippen LogP contribution is 2.19. The first-order valence-corrected chi connectivity index (χ1v) is 8.02. The number of nitrogens with one attached hydrogen (secondary N) is 2. The number of hydrogen-bond acceptors (Lipinski definition) is 3. The fourth-order valence-electron chi connectivity index (χ4n) is 1.93. The van der Waals surface area contributed by atoms with Crippen molar-refractivity contribution in [1.82, 2.24) is 5.32 Å². The first-order chi connectivity index (χ1) is 10.7. The smallest absolute Gasteiger partial charge is 0.251 e. The first kappa shape index (κ1) is 14.5. The molecule has 1 aliphatic rings. The lowest BCUT2D eigenvalue weighted by Gasteiger charge is -2.05. The zero-order chi connectivity index (χ0) is 15.4. The molecule has 1 fully saturated rings. The van der Waals surface area contributed by atoms with Gasteiger partial charge in [-0.15, -0.1) is 11.3 Å². The van der Waals surface area contributed by atoms with Crippen LogP contribution in [-0.4, -0.2) is 17.9 Å². The number of thiophene rings is 1. The van der Waals surface area contributed by atoms with Crippen LogP contribution in [0.15, 0.2) is 47.9 Å². The normalized spacial score (nSPS) is 14.0. The maximum Gasteiger partial charge on any atom is 0.251 e. The summed E-state index contributed by atoms with van der Waals surface area (Å²) in [4.78, 5) is 24.7. The van der Waals surface area contributed by atoms with Crippen molar-refractivity contribution in [2.45, 2.75) is 18.9 Å². The van der Waals surface area contributed by atoms with Crippen LogP contribution in [0, 0.1) is 0 Å². The van der Waals surface area contributed by atoms with Crippen LogP contribution in [0.2, 0.25) is 0 Å². The highest BCUT2D eigenvalue weighted by atomic mass is 32.1. The number of carbonyl (C=O) groups excluding carboxylic acids is 2. The molecule has 2 N–H and O–H groups in total. The minimum atomic E-state index is -0.191. The van der Waals surface area contributed by atoms with E-state index in [-0.39, 0.29) is 11.8 Å². The molecule has 0 bridgehead atoms. The van der Waals surface area contributed by atoms with Crippen LogP contribution in [-0.2, 0) is 4.79 Å². The van der Waals surface area contributed by atoms with Crippen molar-refractivity contribution in [1.29, 1.82) is 0 Å². The van der Waals surface area contributed by atoms with Crippen LogP contribution in [0.1, 0.15) is 28.1 Å². The van der Waals surface area contributed by atoms with Crippen LogP contribution in [0.3, 0.4) is 0 Å². The van der Waals surface area contributed by atoms with Crippen molar-refractivity contribution in [2.75, 3.05) is 5.32 Å². The zero-order valence-corrected chi connectivity index (χ0v) is 12.7. The molecule has 0 aliphatic heterocycles. The van der Waals surface area contributed by atoms with E-state index in [1.54, 1.807) is 41.7 Å². The molecule has 0 atom stereocenters. The summed E-state index contributed by atoms with van der Waals surface area (Å²) in [6.07, 6.45) is 5.41. The summed E-state index contributed by atoms with van der Waals surface area (Å²) in [5.41, 5.74) is 1.28. The van der Waals surface area contributed by atoms with Gasteiger partial charge in [0.1, 0.15) is 0 Å². The van der Waals surface area contributed by atoms with Gasteiger partial charge in [-0.05, 0) is 54.6 Å². The highest BCUT2D eigenvalue weighted by Gasteiger charge is 2.23. The third kappa shape index (κ3) is 4.05. The Morgan fingerprint density at radius 1 is 1.14 bits per heavy atom. The van der Waals surface area contributed by atoms with E-state index in [0.29, 0.717) is 17.3 Å². The van der Waals surface area contributed by atoms with Gasteiger partial charge in [-0.1, -0.05) is 6.07 Å². The van der Waals surface area contributed by atoms with Gasteiger partial charge < -0.3 is 10.6 Å². The second-order valence-corrected chi connectivity index (χ2v) is 6.14. The topological polar surface area (TPSA) is 58.2 Å². The Balaban J connectivity index is 1.55. The molecule has 0 saturated heterocycles. The second-order valence-electron chi connectivity index (χ2n) is 5.16. The fourth-order valence-corrected chi connectivity index (χ4v) is 2.55. The lowest BCUT2D eigenvalue weighted by Crippen LogP contribution is -2.25. The number of hydrogen-bond donors (Lipinski definition) is 2. The monoisotopic (exact) mass is 312 g/mol. The minimum Gasteiger partial charge on any atom is -0.349 e. The summed E-state index contributed by atoms with van der Waals surface area (Å²) in [7, 11) is 0. The van der Waals surface area contributed by atoms with Crippen LogP contribution < -0.4 is 10.6 Å². The van der Waals surface area contributed by atoms with E-state index in [9.17, 15) is 9.59 Å². The number of benzene rings is 1. The quantitative estimate of drug-likeness (QED) is 0.832. The summed E-state index contributed by atoms with van der Waals surface area (Å²) in [5.74, 6) is -0.249. The van der Waals surface area contributed by atoms with Crippen molar-refractivity contribution < 1.29 is 9.59 Å². The molecule has 2 amide bonds. The number of rotatable bonds is 5. The van der Waals surface area contributed by atoms with Crippen molar-refractivity contribution in [3.63, 3.8) is 0 Å². The van der Waals surface area contributed by atoms with E-state index in [1.165, 1.54) is 6.08 Å². The molecule has 2 aromatic rings. The number of anilines is 1. The summed E-state index contributed by atoms with van der Waals surface area (Å²) < 4.78 is 0. The van der Waals surface area contributed by atoms with Gasteiger partial charge in [-0.3, -0.25) is 9.59 Å². The van der Waals surface area contributed by atoms with Gasteiger partial charge in [0.15, 0.2) is 0 Å². The SMILES string of the molecule is O=C(/C=C/c1cccs1)Nc1ccc(C(=O)NC2CC2)cc1. The largest absolute Gasteiger partial charge is 0.349 e. The molecule has 1 heterocycles. The van der Waals surface area contributed by atoms with Crippen LogP contribution >= 0.6 is 11.3 Å². The highest BCUT2D eigenvalue weighted by molar-refractivity contribution is 7.10. The van der Waals surface area contributed by atoms with Gasteiger partial charge in [0.25, 0.3) is 5.91 Å². The van der Waals surface area contributed by atoms with Crippen LogP contribution in [0.5, 0.6) is 0 Å². The van der Waals surface area contributed by atoms with E-state index in [2.05, 4.69) is 10.6 Å². The number of carbonyl (C=O) groups is 2. The lowest BCUT2D eigenvalue weighted by molar-refractivity contribution is -0.111. The van der Waals surface area contributed by atoms with E-state index in [0.717, 1.165) is 17.7 Å². The molecule has 1 aromatic heterocycles. The summed E-state index contributed by atoms with van der Waals surface area (Å²) >= 11 is 1.57. The van der Waals surface area contributed by atoms with Crippen molar-refractivity contribution in [3.05, 3.63) is 58.3 Å². The van der Waals surface area contributed by atoms with E-state index >= 15 is 0 Å². The van der Waals surface area contributed by atoms with E-state index in [4.69, 9.17) is 0 Å². The average molecular weight is 312 g/mol. The van der Waals surface area contributed by atoms with Crippen LogP contribution in [0.4, 0.5) is 5.69 Å².